The van der Waals surface area contributed by atoms with Crippen LogP contribution >= 0.6 is 0 Å². The maximum absolute atomic E-state index is 13.2. The number of amides is 1. The molecule has 144 valence electrons. The van der Waals surface area contributed by atoms with Crippen molar-refractivity contribution in [3.8, 4) is 11.3 Å². The monoisotopic (exact) mass is 376 g/mol. The van der Waals surface area contributed by atoms with E-state index in [1.54, 1.807) is 6.33 Å². The van der Waals surface area contributed by atoms with Crippen molar-refractivity contribution in [2.24, 2.45) is 13.0 Å². The number of rotatable bonds is 2. The van der Waals surface area contributed by atoms with Gasteiger partial charge in [0.1, 0.15) is 12.2 Å². The summed E-state index contributed by atoms with van der Waals surface area (Å²) in [4.78, 5) is 19.5. The van der Waals surface area contributed by atoms with Gasteiger partial charge < -0.3 is 4.90 Å². The second-order valence-corrected chi connectivity index (χ2v) is 7.68. The predicted octanol–water partition coefficient (Wildman–Crippen LogP) is 1.87. The van der Waals surface area contributed by atoms with Crippen molar-refractivity contribution in [2.75, 3.05) is 13.1 Å². The van der Waals surface area contributed by atoms with Crippen molar-refractivity contribution < 1.29 is 4.79 Å². The zero-order valence-electron chi connectivity index (χ0n) is 16.1. The molecular formula is C21H24N6O. The van der Waals surface area contributed by atoms with Crippen LogP contribution < -0.4 is 0 Å². The van der Waals surface area contributed by atoms with Crippen LogP contribution in [0, 0.1) is 5.92 Å². The molecule has 0 saturated heterocycles. The Morgan fingerprint density at radius 1 is 1.11 bits per heavy atom. The van der Waals surface area contributed by atoms with Gasteiger partial charge in [-0.15, -0.1) is 0 Å². The van der Waals surface area contributed by atoms with Gasteiger partial charge in [0.15, 0.2) is 0 Å². The van der Waals surface area contributed by atoms with Gasteiger partial charge in [-0.25, -0.2) is 4.98 Å². The van der Waals surface area contributed by atoms with Crippen molar-refractivity contribution in [3.63, 3.8) is 0 Å². The molecule has 0 fully saturated rings. The minimum atomic E-state index is 0.0156. The van der Waals surface area contributed by atoms with E-state index < -0.39 is 0 Å². The number of fused-ring (bicyclic) bond motifs is 2. The Hall–Kier alpha value is -2.96. The lowest BCUT2D eigenvalue weighted by Crippen LogP contribution is -2.40. The molecule has 0 bridgehead atoms. The standard InChI is InChI=1S/C21H24N6O/c1-25-20(15-5-3-2-4-6-15)17-8-10-26(11-9-18(17)24-25)21(28)16-7-12-27-19(13-16)22-14-23-27/h2-6,14,16H,7-13H2,1H3. The van der Waals surface area contributed by atoms with E-state index in [0.717, 1.165) is 50.4 Å². The lowest BCUT2D eigenvalue weighted by atomic mass is 9.96. The molecule has 2 aromatic heterocycles. The summed E-state index contributed by atoms with van der Waals surface area (Å²) >= 11 is 0. The highest BCUT2D eigenvalue weighted by molar-refractivity contribution is 5.79. The molecule has 2 aliphatic rings. The fourth-order valence-corrected chi connectivity index (χ4v) is 4.57. The minimum absolute atomic E-state index is 0.0156. The zero-order chi connectivity index (χ0) is 19.1. The van der Waals surface area contributed by atoms with Crippen LogP contribution in [0.15, 0.2) is 36.7 Å². The molecule has 1 amide bonds. The summed E-state index contributed by atoms with van der Waals surface area (Å²) in [6.45, 7) is 2.27. The lowest BCUT2D eigenvalue weighted by molar-refractivity contribution is -0.136. The van der Waals surface area contributed by atoms with Crippen LogP contribution in [0.3, 0.4) is 0 Å². The minimum Gasteiger partial charge on any atom is -0.342 e. The molecule has 4 heterocycles. The average molecular weight is 376 g/mol. The summed E-state index contributed by atoms with van der Waals surface area (Å²) in [5.74, 6) is 1.20. The van der Waals surface area contributed by atoms with Gasteiger partial charge in [0, 0.05) is 56.6 Å². The summed E-state index contributed by atoms with van der Waals surface area (Å²) < 4.78 is 3.91. The Labute approximate surface area is 164 Å². The summed E-state index contributed by atoms with van der Waals surface area (Å²) in [5.41, 5.74) is 4.77. The van der Waals surface area contributed by atoms with Gasteiger partial charge in [0.05, 0.1) is 11.4 Å². The highest BCUT2D eigenvalue weighted by Gasteiger charge is 2.31. The Morgan fingerprint density at radius 2 is 1.93 bits per heavy atom. The Balaban J connectivity index is 1.35. The van der Waals surface area contributed by atoms with Gasteiger partial charge in [-0.1, -0.05) is 30.3 Å². The molecule has 28 heavy (non-hydrogen) atoms. The Morgan fingerprint density at radius 3 is 2.79 bits per heavy atom. The molecule has 0 aliphatic carbocycles. The molecule has 1 atom stereocenters. The molecule has 7 heteroatoms. The van der Waals surface area contributed by atoms with Crippen LogP contribution in [0.2, 0.25) is 0 Å². The van der Waals surface area contributed by atoms with E-state index >= 15 is 0 Å². The Kier molecular flexibility index (Phi) is 4.22. The Bertz CT molecular complexity index is 1010. The first kappa shape index (κ1) is 17.2. The SMILES string of the molecule is Cn1nc2c(c1-c1ccccc1)CCN(C(=O)C1CCn3ncnc3C1)CC2. The van der Waals surface area contributed by atoms with Crippen molar-refractivity contribution in [1.29, 1.82) is 0 Å². The molecule has 1 unspecified atom stereocenters. The van der Waals surface area contributed by atoms with E-state index in [-0.39, 0.29) is 11.8 Å². The molecule has 3 aromatic rings. The van der Waals surface area contributed by atoms with E-state index in [0.29, 0.717) is 6.42 Å². The lowest BCUT2D eigenvalue weighted by Gasteiger charge is -2.28. The van der Waals surface area contributed by atoms with Gasteiger partial charge in [-0.3, -0.25) is 14.2 Å². The first-order valence-corrected chi connectivity index (χ1v) is 9.96. The second kappa shape index (κ2) is 6.89. The highest BCUT2D eigenvalue weighted by atomic mass is 16.2. The van der Waals surface area contributed by atoms with Crippen LogP contribution in [-0.2, 0) is 37.6 Å². The van der Waals surface area contributed by atoms with Crippen LogP contribution in [0.1, 0.15) is 23.5 Å². The fourth-order valence-electron chi connectivity index (χ4n) is 4.57. The second-order valence-electron chi connectivity index (χ2n) is 7.68. The van der Waals surface area contributed by atoms with Gasteiger partial charge >= 0.3 is 0 Å². The molecule has 0 N–H and O–H groups in total. The summed E-state index contributed by atoms with van der Waals surface area (Å²) in [6, 6.07) is 10.4. The van der Waals surface area contributed by atoms with Gasteiger partial charge in [0.25, 0.3) is 0 Å². The van der Waals surface area contributed by atoms with Crippen molar-refractivity contribution >= 4 is 5.91 Å². The molecule has 1 aromatic carbocycles. The van der Waals surface area contributed by atoms with E-state index in [4.69, 9.17) is 5.10 Å². The molecule has 0 spiro atoms. The normalized spacial score (nSPS) is 19.0. The van der Waals surface area contributed by atoms with E-state index in [9.17, 15) is 4.79 Å². The molecule has 7 nitrogen and oxygen atoms in total. The number of nitrogens with zero attached hydrogens (tertiary/aromatic N) is 6. The quantitative estimate of drug-likeness (QED) is 0.685. The average Bonchev–Trinajstić information content (AvgIpc) is 3.25. The first-order valence-electron chi connectivity index (χ1n) is 9.96. The smallest absolute Gasteiger partial charge is 0.226 e. The van der Waals surface area contributed by atoms with Crippen LogP contribution in [0.4, 0.5) is 0 Å². The number of carbonyl (C=O) groups is 1. The van der Waals surface area contributed by atoms with Gasteiger partial charge in [0.2, 0.25) is 5.91 Å². The maximum atomic E-state index is 13.2. The number of hydrogen-bond acceptors (Lipinski definition) is 4. The third-order valence-electron chi connectivity index (χ3n) is 6.00. The molecule has 0 radical (unpaired) electrons. The van der Waals surface area contributed by atoms with Crippen LogP contribution in [0.25, 0.3) is 11.3 Å². The highest BCUT2D eigenvalue weighted by Crippen LogP contribution is 2.29. The molecule has 2 aliphatic heterocycles. The van der Waals surface area contributed by atoms with E-state index in [1.807, 2.05) is 27.4 Å². The third kappa shape index (κ3) is 2.91. The van der Waals surface area contributed by atoms with Crippen molar-refractivity contribution in [3.05, 3.63) is 53.7 Å². The van der Waals surface area contributed by atoms with E-state index in [2.05, 4.69) is 34.3 Å². The molecule has 5 rings (SSSR count). The molecule has 0 saturated carbocycles. The van der Waals surface area contributed by atoms with Crippen LogP contribution in [0.5, 0.6) is 0 Å². The number of hydrogen-bond donors (Lipinski definition) is 0. The van der Waals surface area contributed by atoms with Crippen molar-refractivity contribution in [2.45, 2.75) is 32.2 Å². The topological polar surface area (TPSA) is 68.8 Å². The zero-order valence-corrected chi connectivity index (χ0v) is 16.1. The fraction of sp³-hybridized carbons (Fsp3) is 0.429. The summed E-state index contributed by atoms with van der Waals surface area (Å²) in [7, 11) is 2.01. The number of aromatic nitrogens is 5. The third-order valence-corrected chi connectivity index (χ3v) is 6.00. The number of aryl methyl sites for hydroxylation is 2. The predicted molar refractivity (Wildman–Crippen MR) is 104 cm³/mol. The van der Waals surface area contributed by atoms with Crippen molar-refractivity contribution in [1.82, 2.24) is 29.4 Å². The van der Waals surface area contributed by atoms with Gasteiger partial charge in [-0.2, -0.15) is 10.2 Å². The van der Waals surface area contributed by atoms with Crippen LogP contribution in [-0.4, -0.2) is 48.4 Å². The van der Waals surface area contributed by atoms with Gasteiger partial charge in [-0.05, 0) is 12.8 Å². The number of benzene rings is 1. The first-order chi connectivity index (χ1) is 13.7. The molecular weight excluding hydrogens is 352 g/mol. The van der Waals surface area contributed by atoms with E-state index in [1.165, 1.54) is 16.8 Å². The summed E-state index contributed by atoms with van der Waals surface area (Å²) in [6.07, 6.45) is 4.78. The maximum Gasteiger partial charge on any atom is 0.226 e. The number of carbonyl (C=O) groups excluding carboxylic acids is 1. The summed E-state index contributed by atoms with van der Waals surface area (Å²) in [5, 5.41) is 8.99. The largest absolute Gasteiger partial charge is 0.342 e.